The van der Waals surface area contributed by atoms with E-state index in [9.17, 15) is 10.3 Å². The molecule has 0 spiro atoms. The minimum absolute atomic E-state index is 0.164. The number of rotatable bonds is 6. The van der Waals surface area contributed by atoms with Crippen molar-refractivity contribution in [2.24, 2.45) is 5.92 Å². The van der Waals surface area contributed by atoms with Crippen LogP contribution in [-0.2, 0) is 6.42 Å². The highest BCUT2D eigenvalue weighted by atomic mass is 16.8. The van der Waals surface area contributed by atoms with Crippen LogP contribution in [0.15, 0.2) is 42.5 Å². The number of nitrogens with zero attached hydrogens (tertiary/aromatic N) is 1. The van der Waals surface area contributed by atoms with Gasteiger partial charge in [0.1, 0.15) is 0 Å². The molecule has 0 aliphatic carbocycles. The molecule has 0 saturated carbocycles. The smallest absolute Gasteiger partial charge is 0.0891 e. The van der Waals surface area contributed by atoms with Crippen LogP contribution in [0.3, 0.4) is 0 Å². The Labute approximate surface area is 108 Å². The third-order valence-electron chi connectivity index (χ3n) is 2.66. The summed E-state index contributed by atoms with van der Waals surface area (Å²) in [5, 5.41) is 29.9. The predicted molar refractivity (Wildman–Crippen MR) is 70.9 cm³/mol. The van der Waals surface area contributed by atoms with Gasteiger partial charge in [0.2, 0.25) is 0 Å². The first-order valence-corrected chi connectivity index (χ1v) is 6.06. The van der Waals surface area contributed by atoms with Crippen LogP contribution in [0.25, 0.3) is 0 Å². The van der Waals surface area contributed by atoms with Crippen LogP contribution in [0.4, 0.5) is 0 Å². The summed E-state index contributed by atoms with van der Waals surface area (Å²) in [6.07, 6.45) is 2.67. The molecule has 1 rings (SSSR count). The molecule has 4 nitrogen and oxygen atoms in total. The van der Waals surface area contributed by atoms with Gasteiger partial charge in [0.25, 0.3) is 0 Å². The molecule has 2 atom stereocenters. The molecule has 0 unspecified atom stereocenters. The van der Waals surface area contributed by atoms with Gasteiger partial charge in [-0.05, 0) is 17.9 Å². The normalized spacial score (nSPS) is 15.5. The Morgan fingerprint density at radius 2 is 1.83 bits per heavy atom. The van der Waals surface area contributed by atoms with Gasteiger partial charge >= 0.3 is 0 Å². The Morgan fingerprint density at radius 1 is 1.22 bits per heavy atom. The van der Waals surface area contributed by atoms with Crippen molar-refractivity contribution in [3.63, 3.8) is 0 Å². The van der Waals surface area contributed by atoms with Gasteiger partial charge in [-0.15, -0.1) is 0 Å². The molecule has 0 aromatic heterocycles. The number of hydroxylamine groups is 2. The van der Waals surface area contributed by atoms with Crippen LogP contribution >= 0.6 is 0 Å². The van der Waals surface area contributed by atoms with Crippen LogP contribution in [0.1, 0.15) is 19.4 Å². The quantitative estimate of drug-likeness (QED) is 0.601. The summed E-state index contributed by atoms with van der Waals surface area (Å²) in [5.41, 5.74) is 0.898. The first kappa shape index (κ1) is 14.9. The van der Waals surface area contributed by atoms with E-state index in [1.54, 1.807) is 6.08 Å². The minimum Gasteiger partial charge on any atom is -0.762 e. The van der Waals surface area contributed by atoms with Crippen molar-refractivity contribution in [2.45, 2.75) is 32.4 Å². The van der Waals surface area contributed by atoms with Crippen molar-refractivity contribution in [3.05, 3.63) is 53.3 Å². The lowest BCUT2D eigenvalue weighted by atomic mass is 10.0. The summed E-state index contributed by atoms with van der Waals surface area (Å²) in [7, 11) is 0. The molecule has 0 fully saturated rings. The standard InChI is InChI=1S/C14H20NO3/c1-11(2)8-9-14(16)13(15(17)18)10-12-6-4-3-5-7-12/h3-9,11,13-14,16-17H,10H2,1-2H3/q-1/t13-,14+/m0/s1. The van der Waals surface area contributed by atoms with Gasteiger partial charge in [-0.25, -0.2) is 0 Å². The Morgan fingerprint density at radius 3 is 2.33 bits per heavy atom. The fourth-order valence-corrected chi connectivity index (χ4v) is 1.65. The maximum absolute atomic E-state index is 11.1. The van der Waals surface area contributed by atoms with E-state index >= 15 is 0 Å². The molecule has 0 bridgehead atoms. The molecule has 0 saturated heterocycles. The average molecular weight is 250 g/mol. The number of aliphatic hydroxyl groups excluding tert-OH is 1. The molecule has 18 heavy (non-hydrogen) atoms. The van der Waals surface area contributed by atoms with E-state index < -0.39 is 12.1 Å². The van der Waals surface area contributed by atoms with Gasteiger partial charge in [-0.3, -0.25) is 5.23 Å². The van der Waals surface area contributed by atoms with Gasteiger partial charge in [-0.1, -0.05) is 56.3 Å². The fraction of sp³-hybridized carbons (Fsp3) is 0.429. The highest BCUT2D eigenvalue weighted by Gasteiger charge is 2.18. The first-order valence-electron chi connectivity index (χ1n) is 6.06. The SMILES string of the molecule is CC(C)C=C[C@@H](O)[C@H](Cc1ccccc1)N([O-])O. The molecule has 100 valence electrons. The van der Waals surface area contributed by atoms with Gasteiger partial charge in [0.15, 0.2) is 0 Å². The average Bonchev–Trinajstić information content (AvgIpc) is 2.34. The summed E-state index contributed by atoms with van der Waals surface area (Å²) in [6.45, 7) is 3.95. The van der Waals surface area contributed by atoms with Crippen LogP contribution in [0.2, 0.25) is 0 Å². The van der Waals surface area contributed by atoms with Crippen molar-refractivity contribution in [3.8, 4) is 0 Å². The molecule has 0 amide bonds. The summed E-state index contributed by atoms with van der Waals surface area (Å²) >= 11 is 0. The summed E-state index contributed by atoms with van der Waals surface area (Å²) in [5.74, 6) is 0.288. The van der Waals surface area contributed by atoms with Crippen molar-refractivity contribution >= 4 is 0 Å². The number of hydrogen-bond acceptors (Lipinski definition) is 4. The molecule has 0 aliphatic heterocycles. The van der Waals surface area contributed by atoms with Crippen LogP contribution in [-0.4, -0.2) is 27.7 Å². The van der Waals surface area contributed by atoms with E-state index in [1.165, 1.54) is 0 Å². The second kappa shape index (κ2) is 7.28. The predicted octanol–water partition coefficient (Wildman–Crippen LogP) is 2.36. The van der Waals surface area contributed by atoms with E-state index in [1.807, 2.05) is 50.3 Å². The lowest BCUT2D eigenvalue weighted by Crippen LogP contribution is -2.39. The van der Waals surface area contributed by atoms with Gasteiger partial charge in [0.05, 0.1) is 12.1 Å². The Balaban J connectivity index is 2.71. The number of benzene rings is 1. The van der Waals surface area contributed by atoms with E-state index in [4.69, 9.17) is 5.21 Å². The molecule has 4 heteroatoms. The minimum atomic E-state index is -0.991. The van der Waals surface area contributed by atoms with Gasteiger partial charge in [-0.2, -0.15) is 0 Å². The monoisotopic (exact) mass is 250 g/mol. The molecule has 1 aromatic rings. The molecule has 0 radical (unpaired) electrons. The van der Waals surface area contributed by atoms with Crippen LogP contribution in [0.5, 0.6) is 0 Å². The third kappa shape index (κ3) is 4.98. The lowest BCUT2D eigenvalue weighted by Gasteiger charge is -2.33. The second-order valence-corrected chi connectivity index (χ2v) is 4.68. The first-order chi connectivity index (χ1) is 8.50. The Bertz CT molecular complexity index is 363. The van der Waals surface area contributed by atoms with E-state index in [0.29, 0.717) is 6.42 Å². The lowest BCUT2D eigenvalue weighted by molar-refractivity contribution is -0.105. The molecular weight excluding hydrogens is 230 g/mol. The highest BCUT2D eigenvalue weighted by Crippen LogP contribution is 2.12. The van der Waals surface area contributed by atoms with Crippen LogP contribution in [0, 0.1) is 11.1 Å². The zero-order chi connectivity index (χ0) is 13.5. The zero-order valence-corrected chi connectivity index (χ0v) is 10.7. The van der Waals surface area contributed by atoms with Gasteiger partial charge < -0.3 is 15.5 Å². The maximum Gasteiger partial charge on any atom is 0.0891 e. The third-order valence-corrected chi connectivity index (χ3v) is 2.66. The van der Waals surface area contributed by atoms with Crippen molar-refractivity contribution < 1.29 is 10.3 Å². The fourth-order valence-electron chi connectivity index (χ4n) is 1.65. The Hall–Kier alpha value is -1.20. The molecular formula is C14H20NO3-. The second-order valence-electron chi connectivity index (χ2n) is 4.68. The maximum atomic E-state index is 11.1. The van der Waals surface area contributed by atoms with E-state index in [-0.39, 0.29) is 11.1 Å². The summed E-state index contributed by atoms with van der Waals surface area (Å²) < 4.78 is 0. The molecule has 2 N–H and O–H groups in total. The largest absolute Gasteiger partial charge is 0.762 e. The van der Waals surface area contributed by atoms with E-state index in [0.717, 1.165) is 5.56 Å². The Kier molecular flexibility index (Phi) is 6.01. The highest BCUT2D eigenvalue weighted by molar-refractivity contribution is 5.17. The van der Waals surface area contributed by atoms with Gasteiger partial charge in [0, 0.05) is 0 Å². The van der Waals surface area contributed by atoms with Crippen molar-refractivity contribution in [2.75, 3.05) is 0 Å². The van der Waals surface area contributed by atoms with E-state index in [2.05, 4.69) is 0 Å². The topological polar surface area (TPSA) is 66.8 Å². The number of hydrogen-bond donors (Lipinski definition) is 2. The van der Waals surface area contributed by atoms with Crippen molar-refractivity contribution in [1.82, 2.24) is 5.23 Å². The molecule has 1 aromatic carbocycles. The summed E-state index contributed by atoms with van der Waals surface area (Å²) in [4.78, 5) is 0. The molecule has 0 heterocycles. The molecule has 0 aliphatic rings. The number of aliphatic hydroxyl groups is 1. The summed E-state index contributed by atoms with van der Waals surface area (Å²) in [6, 6.07) is 8.42. The van der Waals surface area contributed by atoms with Crippen molar-refractivity contribution in [1.29, 1.82) is 0 Å². The zero-order valence-electron chi connectivity index (χ0n) is 10.7. The van der Waals surface area contributed by atoms with Crippen LogP contribution < -0.4 is 0 Å². The number of allylic oxidation sites excluding steroid dienone is 1.